The van der Waals surface area contributed by atoms with E-state index < -0.39 is 6.03 Å². The maximum atomic E-state index is 12.9. The Bertz CT molecular complexity index is 988. The molecule has 2 fully saturated rings. The van der Waals surface area contributed by atoms with E-state index >= 15 is 0 Å². The highest BCUT2D eigenvalue weighted by molar-refractivity contribution is 9.10. The lowest BCUT2D eigenvalue weighted by atomic mass is 10.2. The second kappa shape index (κ2) is 12.0. The molecule has 3 heterocycles. The number of carbonyl (C=O) groups is 1. The molecule has 2 amide bonds. The molecule has 0 aliphatic carbocycles. The van der Waals surface area contributed by atoms with E-state index in [0.29, 0.717) is 50.2 Å². The standard InChI is InChI=1S/C22H29BrN6O4S/c1-16-2-3-18(17(23)14-16)29(34)22(30)25-19-15-20(28-7-11-32-12-8-28)26-21(24-19)33-13-6-27-4-9-31-10-5-27/h2-3,14-15,34H,4-13H2,1H3,(H,24,25,26,30). The smallest absolute Gasteiger partial charge is 0.337 e. The van der Waals surface area contributed by atoms with Crippen molar-refractivity contribution in [2.24, 2.45) is 0 Å². The number of nitrogens with one attached hydrogen (secondary N) is 1. The van der Waals surface area contributed by atoms with Crippen molar-refractivity contribution in [3.05, 3.63) is 34.3 Å². The summed E-state index contributed by atoms with van der Waals surface area (Å²) in [4.78, 5) is 26.3. The number of morpholine rings is 2. The van der Waals surface area contributed by atoms with E-state index in [1.54, 1.807) is 6.07 Å². The van der Waals surface area contributed by atoms with Gasteiger partial charge in [-0.15, -0.1) is 0 Å². The van der Waals surface area contributed by atoms with Crippen molar-refractivity contribution < 1.29 is 19.0 Å². The molecule has 2 aliphatic rings. The number of urea groups is 1. The summed E-state index contributed by atoms with van der Waals surface area (Å²) >= 11 is 7.88. The second-order valence-corrected chi connectivity index (χ2v) is 9.25. The summed E-state index contributed by atoms with van der Waals surface area (Å²) in [5.74, 6) is 1.02. The second-order valence-electron chi connectivity index (χ2n) is 7.99. The summed E-state index contributed by atoms with van der Waals surface area (Å²) in [5, 5.41) is 2.82. The number of thiol groups is 1. The molecule has 12 heteroatoms. The topological polar surface area (TPSA) is 92.3 Å². The minimum Gasteiger partial charge on any atom is -0.462 e. The van der Waals surface area contributed by atoms with Crippen LogP contribution in [0.15, 0.2) is 28.7 Å². The van der Waals surface area contributed by atoms with Crippen LogP contribution in [0.4, 0.5) is 22.1 Å². The summed E-state index contributed by atoms with van der Waals surface area (Å²) in [5.41, 5.74) is 1.69. The Morgan fingerprint density at radius 2 is 1.85 bits per heavy atom. The minimum absolute atomic E-state index is 0.217. The van der Waals surface area contributed by atoms with Crippen LogP contribution < -0.4 is 19.3 Å². The Kier molecular flexibility index (Phi) is 8.84. The Labute approximate surface area is 213 Å². The first-order valence-electron chi connectivity index (χ1n) is 11.2. The van der Waals surface area contributed by atoms with Crippen LogP contribution in [0, 0.1) is 6.92 Å². The normalized spacial score (nSPS) is 16.9. The minimum atomic E-state index is -0.446. The van der Waals surface area contributed by atoms with Gasteiger partial charge in [-0.25, -0.2) is 9.10 Å². The van der Waals surface area contributed by atoms with Gasteiger partial charge in [0, 0.05) is 43.3 Å². The van der Waals surface area contributed by atoms with Gasteiger partial charge in [0.2, 0.25) is 0 Å². The average Bonchev–Trinajstić information content (AvgIpc) is 2.85. The quantitative estimate of drug-likeness (QED) is 0.506. The number of halogens is 1. The van der Waals surface area contributed by atoms with Crippen molar-refractivity contribution >= 4 is 52.1 Å². The maximum Gasteiger partial charge on any atom is 0.337 e. The van der Waals surface area contributed by atoms with Gasteiger partial charge in [0.1, 0.15) is 18.2 Å². The monoisotopic (exact) mass is 552 g/mol. The number of hydrogen-bond acceptors (Lipinski definition) is 9. The van der Waals surface area contributed by atoms with Crippen molar-refractivity contribution in [1.29, 1.82) is 0 Å². The van der Waals surface area contributed by atoms with Crippen LogP contribution in [0.2, 0.25) is 0 Å². The predicted molar refractivity (Wildman–Crippen MR) is 137 cm³/mol. The zero-order valence-corrected chi connectivity index (χ0v) is 21.6. The van der Waals surface area contributed by atoms with Gasteiger partial charge in [0.25, 0.3) is 0 Å². The summed E-state index contributed by atoms with van der Waals surface area (Å²) in [6.07, 6.45) is 0. The Balaban J connectivity index is 1.47. The van der Waals surface area contributed by atoms with Crippen LogP contribution in [0.3, 0.4) is 0 Å². The molecule has 0 bridgehead atoms. The highest BCUT2D eigenvalue weighted by Gasteiger charge is 2.20. The number of carbonyl (C=O) groups excluding carboxylic acids is 1. The molecule has 0 saturated carbocycles. The molecule has 2 aliphatic heterocycles. The Morgan fingerprint density at radius 3 is 2.56 bits per heavy atom. The van der Waals surface area contributed by atoms with Crippen LogP contribution >= 0.6 is 28.7 Å². The van der Waals surface area contributed by atoms with E-state index in [0.717, 1.165) is 42.9 Å². The maximum absolute atomic E-state index is 12.9. The third-order valence-electron chi connectivity index (χ3n) is 5.53. The molecule has 184 valence electrons. The van der Waals surface area contributed by atoms with E-state index in [2.05, 4.69) is 53.8 Å². The van der Waals surface area contributed by atoms with Gasteiger partial charge in [-0.2, -0.15) is 9.97 Å². The first kappa shape index (κ1) is 25.0. The molecule has 2 saturated heterocycles. The number of aryl methyl sites for hydroxylation is 1. The van der Waals surface area contributed by atoms with Gasteiger partial charge >= 0.3 is 12.0 Å². The largest absolute Gasteiger partial charge is 0.462 e. The van der Waals surface area contributed by atoms with Crippen molar-refractivity contribution in [3.63, 3.8) is 0 Å². The van der Waals surface area contributed by atoms with E-state index in [-0.39, 0.29) is 6.01 Å². The molecule has 0 atom stereocenters. The van der Waals surface area contributed by atoms with E-state index in [1.807, 2.05) is 25.1 Å². The van der Waals surface area contributed by atoms with Gasteiger partial charge in [-0.3, -0.25) is 10.2 Å². The lowest BCUT2D eigenvalue weighted by molar-refractivity contribution is 0.0317. The van der Waals surface area contributed by atoms with E-state index in [4.69, 9.17) is 14.2 Å². The van der Waals surface area contributed by atoms with Crippen LogP contribution in [0.5, 0.6) is 6.01 Å². The van der Waals surface area contributed by atoms with Crippen LogP contribution in [0.25, 0.3) is 0 Å². The fourth-order valence-electron chi connectivity index (χ4n) is 3.64. The lowest BCUT2D eigenvalue weighted by Crippen LogP contribution is -2.39. The fraction of sp³-hybridized carbons (Fsp3) is 0.500. The molecule has 10 nitrogen and oxygen atoms in total. The third kappa shape index (κ3) is 6.72. The molecule has 0 spiro atoms. The number of hydrogen-bond donors (Lipinski definition) is 2. The van der Waals surface area contributed by atoms with Gasteiger partial charge in [-0.1, -0.05) is 18.9 Å². The van der Waals surface area contributed by atoms with E-state index in [1.165, 1.54) is 4.31 Å². The van der Waals surface area contributed by atoms with Crippen molar-refractivity contribution in [2.45, 2.75) is 6.92 Å². The number of amides is 2. The molecule has 0 radical (unpaired) electrons. The summed E-state index contributed by atoms with van der Waals surface area (Å²) < 4.78 is 18.7. The number of rotatable bonds is 7. The van der Waals surface area contributed by atoms with Crippen molar-refractivity contribution in [2.75, 3.05) is 80.3 Å². The molecular formula is C22H29BrN6O4S. The predicted octanol–water partition coefficient (Wildman–Crippen LogP) is 2.98. The molecule has 4 rings (SSSR count). The van der Waals surface area contributed by atoms with E-state index in [9.17, 15) is 4.79 Å². The van der Waals surface area contributed by atoms with Crippen LogP contribution in [0.1, 0.15) is 5.56 Å². The van der Waals surface area contributed by atoms with Crippen LogP contribution in [-0.2, 0) is 9.47 Å². The number of aromatic nitrogens is 2. The number of anilines is 3. The molecule has 1 N–H and O–H groups in total. The third-order valence-corrected chi connectivity index (χ3v) is 6.56. The van der Waals surface area contributed by atoms with Crippen LogP contribution in [-0.4, -0.2) is 86.7 Å². The summed E-state index contributed by atoms with van der Waals surface area (Å²) in [7, 11) is 0. The zero-order valence-electron chi connectivity index (χ0n) is 19.1. The van der Waals surface area contributed by atoms with Gasteiger partial charge in [0.15, 0.2) is 0 Å². The SMILES string of the molecule is Cc1ccc(N(S)C(=O)Nc2cc(N3CCOCC3)nc(OCCN3CCOCC3)n2)c(Br)c1. The number of benzene rings is 1. The zero-order chi connectivity index (χ0) is 23.9. The molecule has 1 aromatic heterocycles. The summed E-state index contributed by atoms with van der Waals surface area (Å²) in [6.45, 7) is 9.03. The van der Waals surface area contributed by atoms with Gasteiger partial charge in [0.05, 0.1) is 32.1 Å². The average molecular weight is 553 g/mol. The molecule has 2 aromatic rings. The summed E-state index contributed by atoms with van der Waals surface area (Å²) in [6, 6.07) is 7.18. The highest BCUT2D eigenvalue weighted by atomic mass is 79.9. The molecular weight excluding hydrogens is 524 g/mol. The lowest BCUT2D eigenvalue weighted by Gasteiger charge is -2.28. The number of ether oxygens (including phenoxy) is 3. The fourth-order valence-corrected chi connectivity index (χ4v) is 4.67. The first-order chi connectivity index (χ1) is 16.5. The molecule has 0 unspecified atom stereocenters. The van der Waals surface area contributed by atoms with Crippen molar-refractivity contribution in [1.82, 2.24) is 14.9 Å². The molecule has 34 heavy (non-hydrogen) atoms. The Hall–Kier alpha value is -2.12. The van der Waals surface area contributed by atoms with Crippen molar-refractivity contribution in [3.8, 4) is 6.01 Å². The first-order valence-corrected chi connectivity index (χ1v) is 12.4. The Morgan fingerprint density at radius 1 is 1.15 bits per heavy atom. The van der Waals surface area contributed by atoms with Gasteiger partial charge in [-0.05, 0) is 40.5 Å². The molecule has 1 aromatic carbocycles. The number of nitrogens with zero attached hydrogens (tertiary/aromatic N) is 5. The highest BCUT2D eigenvalue weighted by Crippen LogP contribution is 2.29. The van der Waals surface area contributed by atoms with Gasteiger partial charge < -0.3 is 19.1 Å².